The summed E-state index contributed by atoms with van der Waals surface area (Å²) in [7, 11) is -13.0. The first-order valence-corrected chi connectivity index (χ1v) is 9.00. The quantitative estimate of drug-likeness (QED) is 0.314. The average molecular weight is 568 g/mol. The van der Waals surface area contributed by atoms with Crippen molar-refractivity contribution >= 4 is 60.7 Å². The second-order valence-electron chi connectivity index (χ2n) is 1.22. The van der Waals surface area contributed by atoms with Crippen molar-refractivity contribution in [2.45, 2.75) is 0 Å². The largest absolute Gasteiger partial charge is 4.00 e. The third-order valence-electron chi connectivity index (χ3n) is 0. The van der Waals surface area contributed by atoms with E-state index in [0.717, 1.165) is 0 Å². The van der Waals surface area contributed by atoms with Crippen molar-refractivity contribution in [2.24, 2.45) is 0 Å². The van der Waals surface area contributed by atoms with Crippen LogP contribution in [-0.4, -0.2) is 39.9 Å². The molecule has 0 rings (SSSR count). The molecule has 118 valence electrons. The van der Waals surface area contributed by atoms with Crippen LogP contribution >= 0.6 is 0 Å². The van der Waals surface area contributed by atoms with Gasteiger partial charge in [-0.2, -0.15) is 0 Å². The van der Waals surface area contributed by atoms with Crippen molar-refractivity contribution in [2.75, 3.05) is 0 Å². The molecule has 0 atom stereocenters. The summed E-state index contributed by atoms with van der Waals surface area (Å²) in [6, 6.07) is 0. The second kappa shape index (κ2) is 14.9. The fourth-order valence-corrected chi connectivity index (χ4v) is 0. The zero-order valence-electron chi connectivity index (χ0n) is 8.44. The van der Waals surface area contributed by atoms with Gasteiger partial charge in [0.1, 0.15) is 0 Å². The second-order valence-corrected chi connectivity index (χ2v) is 7.35. The van der Waals surface area contributed by atoms with Gasteiger partial charge in [0.2, 0.25) is 0 Å². The topological polar surface area (TPSA) is 263 Å². The SMILES string of the molecule is O=S([O-])([O-])=S.O=S([O-])([O-])=S.O=S([O-])([O-])=S.[NH4+].[NH4+].[Pt+4]. The molecule has 0 aliphatic carbocycles. The molecule has 0 aromatic heterocycles. The van der Waals surface area contributed by atoms with Crippen molar-refractivity contribution < 1.29 is 61.0 Å². The Bertz CT molecular complexity index is 350. The molecule has 0 fully saturated rings. The summed E-state index contributed by atoms with van der Waals surface area (Å²) in [5.41, 5.74) is 0. The molecule has 0 saturated carbocycles. The van der Waals surface area contributed by atoms with Gasteiger partial charge >= 0.3 is 21.1 Å². The molecular formula is H8N2O9PtS6. The summed E-state index contributed by atoms with van der Waals surface area (Å²) >= 11 is 9.73. The van der Waals surface area contributed by atoms with Gasteiger partial charge in [-0.3, -0.25) is 12.6 Å². The van der Waals surface area contributed by atoms with Gasteiger partial charge in [-0.25, -0.2) is 0 Å². The van der Waals surface area contributed by atoms with E-state index in [1.165, 1.54) is 0 Å². The Morgan fingerprint density at radius 1 is 0.556 bits per heavy atom. The minimum atomic E-state index is -4.33. The first-order valence-electron chi connectivity index (χ1n) is 2.00. The summed E-state index contributed by atoms with van der Waals surface area (Å²) in [5.74, 6) is 0. The van der Waals surface area contributed by atoms with E-state index in [1.807, 2.05) is 0 Å². The van der Waals surface area contributed by atoms with Gasteiger partial charge < -0.3 is 39.6 Å². The number of hydrogen-bond donors (Lipinski definition) is 2. The Labute approximate surface area is 133 Å². The molecule has 0 aliphatic heterocycles. The molecule has 0 spiro atoms. The van der Waals surface area contributed by atoms with Crippen molar-refractivity contribution in [3.05, 3.63) is 0 Å². The van der Waals surface area contributed by atoms with E-state index in [2.05, 4.69) is 33.6 Å². The van der Waals surface area contributed by atoms with Crippen LogP contribution in [0.1, 0.15) is 0 Å². The van der Waals surface area contributed by atoms with Crippen molar-refractivity contribution in [3.63, 3.8) is 0 Å². The minimum Gasteiger partial charge on any atom is -0.780 e. The minimum absolute atomic E-state index is 0. The van der Waals surface area contributed by atoms with Crippen LogP contribution in [0.2, 0.25) is 0 Å². The first-order chi connectivity index (χ1) is 6.00. The Hall–Kier alpha value is 1.48. The fraction of sp³-hybridized carbons (Fsp3) is 0. The standard InChI is InChI=1S/2H3N.3H2O3S2.Pt/c;;3*1-5(2,3)4;/h2*1H3;3*(H2,1,2,3,4);/q;;;;;+4/p-4. The first kappa shape index (κ1) is 36.6. The van der Waals surface area contributed by atoms with Crippen LogP contribution in [0.4, 0.5) is 0 Å². The predicted molar refractivity (Wildman–Crippen MR) is 63.2 cm³/mol. The summed E-state index contributed by atoms with van der Waals surface area (Å²) in [6.07, 6.45) is 0. The van der Waals surface area contributed by atoms with Crippen LogP contribution in [-0.2, 0) is 81.8 Å². The van der Waals surface area contributed by atoms with Gasteiger partial charge in [-0.1, -0.05) is 0 Å². The average Bonchev–Trinajstić information content (AvgIpc) is 1.41. The van der Waals surface area contributed by atoms with Crippen LogP contribution in [0.25, 0.3) is 0 Å². The Morgan fingerprint density at radius 2 is 0.556 bits per heavy atom. The number of hydrogen-bond acceptors (Lipinski definition) is 12. The fourth-order valence-electron chi connectivity index (χ4n) is 0. The monoisotopic (exact) mass is 567 g/mol. The third-order valence-corrected chi connectivity index (χ3v) is 0. The maximum atomic E-state index is 8.89. The van der Waals surface area contributed by atoms with E-state index >= 15 is 0 Å². The van der Waals surface area contributed by atoms with Gasteiger partial charge in [0.15, 0.2) is 0 Å². The van der Waals surface area contributed by atoms with Gasteiger partial charge in [-0.05, 0) is 33.6 Å². The molecule has 8 N–H and O–H groups in total. The molecule has 0 heterocycles. The normalized spacial score (nSPS) is 9.67. The predicted octanol–water partition coefficient (Wildman–Crippen LogP) is -2.27. The van der Waals surface area contributed by atoms with E-state index in [1.54, 1.807) is 0 Å². The maximum Gasteiger partial charge on any atom is 4.00 e. The zero-order valence-corrected chi connectivity index (χ0v) is 15.6. The van der Waals surface area contributed by atoms with Gasteiger partial charge in [0.25, 0.3) is 0 Å². The van der Waals surface area contributed by atoms with E-state index in [-0.39, 0.29) is 33.4 Å². The van der Waals surface area contributed by atoms with Crippen LogP contribution in [0.3, 0.4) is 0 Å². The Kier molecular flexibility index (Phi) is 30.3. The van der Waals surface area contributed by atoms with Crippen LogP contribution in [0, 0.1) is 0 Å². The zero-order chi connectivity index (χ0) is 13.5. The van der Waals surface area contributed by atoms with E-state index in [9.17, 15) is 0 Å². The molecule has 18 heavy (non-hydrogen) atoms. The smallest absolute Gasteiger partial charge is 0.780 e. The molecule has 0 saturated heterocycles. The van der Waals surface area contributed by atoms with Gasteiger partial charge in [0, 0.05) is 0 Å². The van der Waals surface area contributed by atoms with Crippen molar-refractivity contribution in [1.29, 1.82) is 0 Å². The van der Waals surface area contributed by atoms with E-state index in [4.69, 9.17) is 39.9 Å². The summed E-state index contributed by atoms with van der Waals surface area (Å²) in [4.78, 5) is 0. The Morgan fingerprint density at radius 3 is 0.556 bits per heavy atom. The summed E-state index contributed by atoms with van der Waals surface area (Å²) in [6.45, 7) is 0. The van der Waals surface area contributed by atoms with Crippen LogP contribution < -0.4 is 12.3 Å². The molecule has 0 amide bonds. The summed E-state index contributed by atoms with van der Waals surface area (Å²) in [5, 5.41) is 0. The maximum absolute atomic E-state index is 8.89. The third kappa shape index (κ3) is 2170. The van der Waals surface area contributed by atoms with Crippen LogP contribution in [0.15, 0.2) is 0 Å². The molecule has 18 heteroatoms. The van der Waals surface area contributed by atoms with Crippen LogP contribution in [0.5, 0.6) is 0 Å². The van der Waals surface area contributed by atoms with Gasteiger partial charge in [0.05, 0.1) is 0 Å². The molecule has 0 unspecified atom stereocenters. The van der Waals surface area contributed by atoms with E-state index in [0.29, 0.717) is 0 Å². The summed E-state index contributed by atoms with van der Waals surface area (Å²) < 4.78 is 80.0. The number of quaternary nitrogens is 2. The molecule has 0 aliphatic rings. The van der Waals surface area contributed by atoms with E-state index < -0.39 is 27.2 Å². The van der Waals surface area contributed by atoms with Gasteiger partial charge in [-0.15, -0.1) is 27.2 Å². The molecule has 0 bridgehead atoms. The molecule has 0 aromatic carbocycles. The Balaban J connectivity index is -0.0000000277. The molecule has 0 radical (unpaired) electrons. The van der Waals surface area contributed by atoms with Crippen molar-refractivity contribution in [3.8, 4) is 0 Å². The molecule has 0 aromatic rings. The molecule has 11 nitrogen and oxygen atoms in total. The molecular weight excluding hydrogens is 559 g/mol. The van der Waals surface area contributed by atoms with Crippen molar-refractivity contribution in [1.82, 2.24) is 12.3 Å². The number of rotatable bonds is 0.